The van der Waals surface area contributed by atoms with Crippen LogP contribution in [-0.4, -0.2) is 33.2 Å². The normalized spacial score (nSPS) is 11.1. The summed E-state index contributed by atoms with van der Waals surface area (Å²) in [5.74, 6) is -1.42. The maximum atomic E-state index is 12.1. The average molecular weight is 430 g/mol. The number of halogens is 2. The van der Waals surface area contributed by atoms with Gasteiger partial charge in [-0.2, -0.15) is 0 Å². The molecule has 0 heterocycles. The van der Waals surface area contributed by atoms with E-state index in [9.17, 15) is 18.0 Å². The van der Waals surface area contributed by atoms with Gasteiger partial charge in [-0.25, -0.2) is 13.2 Å². The lowest BCUT2D eigenvalue weighted by Gasteiger charge is -2.12. The van der Waals surface area contributed by atoms with Crippen LogP contribution in [0.15, 0.2) is 35.2 Å². The molecule has 9 heteroatoms. The van der Waals surface area contributed by atoms with Crippen molar-refractivity contribution in [3.05, 3.63) is 57.1 Å². The number of esters is 1. The van der Waals surface area contributed by atoms with E-state index in [4.69, 9.17) is 27.9 Å². The fourth-order valence-corrected chi connectivity index (χ4v) is 4.05. The minimum atomic E-state index is -3.61. The van der Waals surface area contributed by atoms with E-state index in [1.54, 1.807) is 13.0 Å². The Morgan fingerprint density at radius 1 is 1.07 bits per heavy atom. The van der Waals surface area contributed by atoms with Crippen LogP contribution in [0.1, 0.15) is 21.5 Å². The largest absolute Gasteiger partial charge is 0.452 e. The highest BCUT2D eigenvalue weighted by atomic mass is 35.5. The minimum absolute atomic E-state index is 0.00344. The molecule has 0 aliphatic heterocycles. The molecule has 0 bridgehead atoms. The van der Waals surface area contributed by atoms with Crippen molar-refractivity contribution in [3.8, 4) is 0 Å². The zero-order chi connectivity index (χ0) is 20.4. The Morgan fingerprint density at radius 2 is 1.74 bits per heavy atom. The zero-order valence-corrected chi connectivity index (χ0v) is 17.1. The van der Waals surface area contributed by atoms with Crippen LogP contribution < -0.4 is 5.32 Å². The molecule has 144 valence electrons. The molecule has 6 nitrogen and oxygen atoms in total. The number of hydrogen-bond donors (Lipinski definition) is 1. The van der Waals surface area contributed by atoms with Gasteiger partial charge in [-0.3, -0.25) is 4.79 Å². The molecule has 0 radical (unpaired) electrons. The summed E-state index contributed by atoms with van der Waals surface area (Å²) in [6.07, 6.45) is 0.977. The van der Waals surface area contributed by atoms with Crippen molar-refractivity contribution in [2.45, 2.75) is 18.7 Å². The second-order valence-corrected chi connectivity index (χ2v) is 8.78. The van der Waals surface area contributed by atoms with Crippen molar-refractivity contribution in [2.75, 3.05) is 18.2 Å². The molecule has 0 atom stereocenters. The summed E-state index contributed by atoms with van der Waals surface area (Å²) < 4.78 is 28.3. The monoisotopic (exact) mass is 429 g/mol. The Kier molecular flexibility index (Phi) is 6.51. The van der Waals surface area contributed by atoms with Gasteiger partial charge in [-0.1, -0.05) is 29.3 Å². The molecule has 1 amide bonds. The van der Waals surface area contributed by atoms with E-state index in [0.29, 0.717) is 10.7 Å². The van der Waals surface area contributed by atoms with Gasteiger partial charge in [0, 0.05) is 6.26 Å². The van der Waals surface area contributed by atoms with Crippen LogP contribution in [-0.2, 0) is 19.4 Å². The highest BCUT2D eigenvalue weighted by molar-refractivity contribution is 7.90. The maximum Gasteiger partial charge on any atom is 0.338 e. The highest BCUT2D eigenvalue weighted by Crippen LogP contribution is 2.27. The number of ether oxygens (including phenoxy) is 1. The number of benzene rings is 2. The summed E-state index contributed by atoms with van der Waals surface area (Å²) in [6.45, 7) is 3.11. The van der Waals surface area contributed by atoms with Gasteiger partial charge in [-0.05, 0) is 49.2 Å². The van der Waals surface area contributed by atoms with Crippen LogP contribution in [0, 0.1) is 13.8 Å². The third kappa shape index (κ3) is 5.45. The van der Waals surface area contributed by atoms with Crippen molar-refractivity contribution in [1.82, 2.24) is 0 Å². The summed E-state index contributed by atoms with van der Waals surface area (Å²) in [6, 6.07) is 7.27. The van der Waals surface area contributed by atoms with Gasteiger partial charge >= 0.3 is 5.97 Å². The molecule has 0 fully saturated rings. The second-order valence-electron chi connectivity index (χ2n) is 5.98. The van der Waals surface area contributed by atoms with Crippen molar-refractivity contribution in [1.29, 1.82) is 0 Å². The maximum absolute atomic E-state index is 12.1. The SMILES string of the molecule is Cc1cc(C)c(NC(=O)COC(=O)c2ccc(Cl)c(S(C)(=O)=O)c2)c(Cl)c1. The summed E-state index contributed by atoms with van der Waals surface area (Å²) in [5.41, 5.74) is 2.13. The molecule has 0 spiro atoms. The molecule has 27 heavy (non-hydrogen) atoms. The van der Waals surface area contributed by atoms with E-state index in [0.717, 1.165) is 23.4 Å². The molecule has 0 saturated heterocycles. The third-order valence-electron chi connectivity index (χ3n) is 3.60. The van der Waals surface area contributed by atoms with Crippen molar-refractivity contribution >= 4 is 50.6 Å². The average Bonchev–Trinajstić information content (AvgIpc) is 2.55. The smallest absolute Gasteiger partial charge is 0.338 e. The van der Waals surface area contributed by atoms with Crippen molar-refractivity contribution in [3.63, 3.8) is 0 Å². The van der Waals surface area contributed by atoms with Crippen LogP contribution in [0.25, 0.3) is 0 Å². The fourth-order valence-electron chi connectivity index (χ4n) is 2.38. The highest BCUT2D eigenvalue weighted by Gasteiger charge is 2.18. The van der Waals surface area contributed by atoms with Crippen molar-refractivity contribution < 1.29 is 22.7 Å². The molecule has 0 saturated carbocycles. The Labute approximate surface area is 167 Å². The molecular weight excluding hydrogens is 413 g/mol. The first kappa shape index (κ1) is 21.2. The lowest BCUT2D eigenvalue weighted by molar-refractivity contribution is -0.119. The van der Waals surface area contributed by atoms with Crippen molar-refractivity contribution in [2.24, 2.45) is 0 Å². The topological polar surface area (TPSA) is 89.5 Å². The Balaban J connectivity index is 2.07. The number of rotatable bonds is 5. The number of amides is 1. The van der Waals surface area contributed by atoms with Gasteiger partial charge in [0.25, 0.3) is 5.91 Å². The Bertz CT molecular complexity index is 995. The van der Waals surface area contributed by atoms with Gasteiger partial charge in [-0.15, -0.1) is 0 Å². The summed E-state index contributed by atoms with van der Waals surface area (Å²) in [5, 5.41) is 2.97. The number of anilines is 1. The first-order valence-electron chi connectivity index (χ1n) is 7.72. The van der Waals surface area contributed by atoms with Crippen LogP contribution in [0.3, 0.4) is 0 Å². The number of carbonyl (C=O) groups excluding carboxylic acids is 2. The number of hydrogen-bond acceptors (Lipinski definition) is 5. The predicted octanol–water partition coefficient (Wildman–Crippen LogP) is 3.81. The van der Waals surface area contributed by atoms with Gasteiger partial charge < -0.3 is 10.1 Å². The van der Waals surface area contributed by atoms with Crippen LogP contribution in [0.5, 0.6) is 0 Å². The van der Waals surface area contributed by atoms with E-state index in [2.05, 4.69) is 5.32 Å². The number of sulfone groups is 1. The molecular formula is C18H17Cl2NO5S. The van der Waals surface area contributed by atoms with E-state index in [-0.39, 0.29) is 15.5 Å². The minimum Gasteiger partial charge on any atom is -0.452 e. The molecule has 0 unspecified atom stereocenters. The molecule has 2 rings (SSSR count). The van der Waals surface area contributed by atoms with Crippen LogP contribution >= 0.6 is 23.2 Å². The van der Waals surface area contributed by atoms with E-state index in [1.807, 2.05) is 13.0 Å². The van der Waals surface area contributed by atoms with Gasteiger partial charge in [0.1, 0.15) is 0 Å². The summed E-state index contributed by atoms with van der Waals surface area (Å²) in [4.78, 5) is 24.0. The lowest BCUT2D eigenvalue weighted by Crippen LogP contribution is -2.21. The van der Waals surface area contributed by atoms with E-state index in [1.165, 1.54) is 12.1 Å². The first-order chi connectivity index (χ1) is 12.5. The zero-order valence-electron chi connectivity index (χ0n) is 14.8. The summed E-state index contributed by atoms with van der Waals surface area (Å²) in [7, 11) is -3.61. The third-order valence-corrected chi connectivity index (χ3v) is 5.47. The first-order valence-corrected chi connectivity index (χ1v) is 10.4. The number of carbonyl (C=O) groups is 2. The van der Waals surface area contributed by atoms with Crippen LogP contribution in [0.2, 0.25) is 10.0 Å². The quantitative estimate of drug-likeness (QED) is 0.729. The standard InChI is InChI=1S/C18H17Cl2NO5S/c1-10-6-11(2)17(14(20)7-10)21-16(22)9-26-18(23)12-4-5-13(19)15(8-12)27(3,24)25/h4-8H,9H2,1-3H3,(H,21,22). The fraction of sp³-hybridized carbons (Fsp3) is 0.222. The molecule has 2 aromatic carbocycles. The molecule has 2 aromatic rings. The summed E-state index contributed by atoms with van der Waals surface area (Å²) >= 11 is 12.0. The molecule has 0 aliphatic rings. The lowest BCUT2D eigenvalue weighted by atomic mass is 10.1. The molecule has 0 aliphatic carbocycles. The Morgan fingerprint density at radius 3 is 2.33 bits per heavy atom. The van der Waals surface area contributed by atoms with E-state index >= 15 is 0 Å². The molecule has 0 aromatic heterocycles. The van der Waals surface area contributed by atoms with Gasteiger partial charge in [0.2, 0.25) is 0 Å². The Hall–Kier alpha value is -2.09. The predicted molar refractivity (Wildman–Crippen MR) is 104 cm³/mol. The van der Waals surface area contributed by atoms with E-state index < -0.39 is 28.3 Å². The number of nitrogens with one attached hydrogen (secondary N) is 1. The van der Waals surface area contributed by atoms with Gasteiger partial charge in [0.15, 0.2) is 16.4 Å². The molecule has 1 N–H and O–H groups in total. The number of aryl methyl sites for hydroxylation is 2. The van der Waals surface area contributed by atoms with Gasteiger partial charge in [0.05, 0.1) is 26.2 Å². The van der Waals surface area contributed by atoms with Crippen LogP contribution in [0.4, 0.5) is 5.69 Å². The second kappa shape index (κ2) is 8.29.